The summed E-state index contributed by atoms with van der Waals surface area (Å²) in [7, 11) is 0. The van der Waals surface area contributed by atoms with Gasteiger partial charge in [0.1, 0.15) is 5.82 Å². The third-order valence-corrected chi connectivity index (χ3v) is 5.40. The van der Waals surface area contributed by atoms with E-state index >= 15 is 0 Å². The van der Waals surface area contributed by atoms with E-state index in [2.05, 4.69) is 28.3 Å². The van der Waals surface area contributed by atoms with Crippen molar-refractivity contribution >= 4 is 11.3 Å². The maximum absolute atomic E-state index is 12.4. The van der Waals surface area contributed by atoms with Gasteiger partial charge in [-0.2, -0.15) is 0 Å². The average Bonchev–Trinajstić information content (AvgIpc) is 3.00. The van der Waals surface area contributed by atoms with Gasteiger partial charge in [-0.25, -0.2) is 4.98 Å². The number of nitrogens with zero attached hydrogens (tertiary/aromatic N) is 2. The molecule has 4 nitrogen and oxygen atoms in total. The largest absolute Gasteiger partial charge is 0.306 e. The lowest BCUT2D eigenvalue weighted by atomic mass is 10.1. The number of benzene rings is 1. The molecule has 1 N–H and O–H groups in total. The lowest BCUT2D eigenvalue weighted by Gasteiger charge is -2.27. The molecule has 1 aromatic carbocycles. The predicted molar refractivity (Wildman–Crippen MR) is 97.2 cm³/mol. The standard InChI is InChI=1S/C19H19N3OS/c1-13-9-15(24-12-13)10-22-8-7-16-17(11-22)20-18(21-19(16)23)14-5-3-2-4-6-14/h2-6,9,12H,7-8,10-11H2,1H3,(H,20,21,23). The Labute approximate surface area is 144 Å². The quantitative estimate of drug-likeness (QED) is 0.797. The number of aromatic nitrogens is 2. The van der Waals surface area contributed by atoms with Gasteiger partial charge in [-0.15, -0.1) is 11.3 Å². The Kier molecular flexibility index (Phi) is 4.04. The smallest absolute Gasteiger partial charge is 0.254 e. The minimum atomic E-state index is 0.00507. The number of thiophene rings is 1. The van der Waals surface area contributed by atoms with Crippen molar-refractivity contribution in [3.63, 3.8) is 0 Å². The zero-order valence-corrected chi connectivity index (χ0v) is 14.4. The lowest BCUT2D eigenvalue weighted by molar-refractivity contribution is 0.242. The number of hydrogen-bond acceptors (Lipinski definition) is 4. The van der Waals surface area contributed by atoms with E-state index in [0.717, 1.165) is 42.9 Å². The summed E-state index contributed by atoms with van der Waals surface area (Å²) in [6.45, 7) is 4.68. The van der Waals surface area contributed by atoms with Crippen molar-refractivity contribution in [3.8, 4) is 11.4 Å². The summed E-state index contributed by atoms with van der Waals surface area (Å²) in [5, 5.41) is 2.18. The van der Waals surface area contributed by atoms with Crippen LogP contribution in [0.1, 0.15) is 21.7 Å². The fourth-order valence-corrected chi connectivity index (χ4v) is 4.07. The average molecular weight is 337 g/mol. The molecule has 0 unspecified atom stereocenters. The topological polar surface area (TPSA) is 49.0 Å². The molecular formula is C19H19N3OS. The Bertz CT molecular complexity index is 914. The Balaban J connectivity index is 1.62. The van der Waals surface area contributed by atoms with E-state index in [-0.39, 0.29) is 5.56 Å². The van der Waals surface area contributed by atoms with Gasteiger partial charge in [0.05, 0.1) is 5.69 Å². The van der Waals surface area contributed by atoms with Gasteiger partial charge in [0.2, 0.25) is 0 Å². The van der Waals surface area contributed by atoms with Crippen LogP contribution < -0.4 is 5.56 Å². The van der Waals surface area contributed by atoms with Crippen LogP contribution in [0.15, 0.2) is 46.6 Å². The monoisotopic (exact) mass is 337 g/mol. The van der Waals surface area contributed by atoms with Crippen LogP contribution in [-0.2, 0) is 19.5 Å². The van der Waals surface area contributed by atoms with Crippen LogP contribution in [0, 0.1) is 6.92 Å². The first-order valence-corrected chi connectivity index (χ1v) is 9.01. The molecule has 0 saturated heterocycles. The first-order valence-electron chi connectivity index (χ1n) is 8.13. The van der Waals surface area contributed by atoms with E-state index in [1.165, 1.54) is 10.4 Å². The lowest BCUT2D eigenvalue weighted by Crippen LogP contribution is -2.34. The van der Waals surface area contributed by atoms with Crippen molar-refractivity contribution in [2.45, 2.75) is 26.4 Å². The van der Waals surface area contributed by atoms with Crippen molar-refractivity contribution in [2.75, 3.05) is 6.54 Å². The first kappa shape index (κ1) is 15.3. The molecule has 1 aliphatic rings. The van der Waals surface area contributed by atoms with Crippen LogP contribution >= 0.6 is 11.3 Å². The number of H-pyrrole nitrogens is 1. The molecule has 0 bridgehead atoms. The van der Waals surface area contributed by atoms with E-state index in [9.17, 15) is 4.79 Å². The van der Waals surface area contributed by atoms with E-state index in [0.29, 0.717) is 5.82 Å². The molecule has 24 heavy (non-hydrogen) atoms. The normalized spacial score (nSPS) is 14.5. The Morgan fingerprint density at radius 2 is 2.12 bits per heavy atom. The second-order valence-corrected chi connectivity index (χ2v) is 7.25. The van der Waals surface area contributed by atoms with E-state index in [1.54, 1.807) is 11.3 Å². The molecule has 5 heteroatoms. The van der Waals surface area contributed by atoms with Crippen molar-refractivity contribution < 1.29 is 0 Å². The highest BCUT2D eigenvalue weighted by Gasteiger charge is 2.21. The van der Waals surface area contributed by atoms with Crippen molar-refractivity contribution in [2.24, 2.45) is 0 Å². The fraction of sp³-hybridized carbons (Fsp3) is 0.263. The van der Waals surface area contributed by atoms with Crippen LogP contribution in [0.4, 0.5) is 0 Å². The van der Waals surface area contributed by atoms with Crippen LogP contribution in [0.5, 0.6) is 0 Å². The van der Waals surface area contributed by atoms with Gasteiger partial charge in [-0.1, -0.05) is 30.3 Å². The van der Waals surface area contributed by atoms with Crippen LogP contribution in [0.25, 0.3) is 11.4 Å². The summed E-state index contributed by atoms with van der Waals surface area (Å²) < 4.78 is 0. The van der Waals surface area contributed by atoms with Crippen molar-refractivity contribution in [3.05, 3.63) is 73.8 Å². The predicted octanol–water partition coefficient (Wildman–Crippen LogP) is 3.37. The molecule has 0 aliphatic carbocycles. The van der Waals surface area contributed by atoms with Gasteiger partial charge in [-0.3, -0.25) is 9.69 Å². The van der Waals surface area contributed by atoms with E-state index < -0.39 is 0 Å². The van der Waals surface area contributed by atoms with Gasteiger partial charge in [0.15, 0.2) is 0 Å². The molecular weight excluding hydrogens is 318 g/mol. The highest BCUT2D eigenvalue weighted by atomic mass is 32.1. The molecule has 0 fully saturated rings. The van der Waals surface area contributed by atoms with Crippen molar-refractivity contribution in [1.82, 2.24) is 14.9 Å². The number of aryl methyl sites for hydroxylation is 1. The summed E-state index contributed by atoms with van der Waals surface area (Å²) in [5.41, 5.74) is 4.02. The molecule has 0 spiro atoms. The van der Waals surface area contributed by atoms with Gasteiger partial charge in [0, 0.05) is 35.6 Å². The minimum absolute atomic E-state index is 0.00507. The summed E-state index contributed by atoms with van der Waals surface area (Å²) in [6.07, 6.45) is 0.761. The van der Waals surface area contributed by atoms with Crippen LogP contribution in [-0.4, -0.2) is 21.4 Å². The molecule has 1 aliphatic heterocycles. The number of fused-ring (bicyclic) bond motifs is 1. The van der Waals surface area contributed by atoms with Crippen LogP contribution in [0.2, 0.25) is 0 Å². The molecule has 4 rings (SSSR count). The van der Waals surface area contributed by atoms with Crippen molar-refractivity contribution in [1.29, 1.82) is 0 Å². The highest BCUT2D eigenvalue weighted by Crippen LogP contribution is 2.22. The SMILES string of the molecule is Cc1csc(CN2CCc3c(nc(-c4ccccc4)[nH]c3=O)C2)c1. The molecule has 0 amide bonds. The minimum Gasteiger partial charge on any atom is -0.306 e. The molecule has 122 valence electrons. The van der Waals surface area contributed by atoms with E-state index in [1.807, 2.05) is 30.3 Å². The maximum atomic E-state index is 12.4. The second-order valence-electron chi connectivity index (χ2n) is 6.26. The zero-order chi connectivity index (χ0) is 16.5. The number of nitrogens with one attached hydrogen (secondary N) is 1. The molecule has 3 aromatic rings. The van der Waals surface area contributed by atoms with Gasteiger partial charge >= 0.3 is 0 Å². The summed E-state index contributed by atoms with van der Waals surface area (Å²) in [5.74, 6) is 0.660. The summed E-state index contributed by atoms with van der Waals surface area (Å²) >= 11 is 1.80. The van der Waals surface area contributed by atoms with Gasteiger partial charge in [-0.05, 0) is 30.4 Å². The highest BCUT2D eigenvalue weighted by molar-refractivity contribution is 7.10. The van der Waals surface area contributed by atoms with Gasteiger partial charge < -0.3 is 4.98 Å². The Morgan fingerprint density at radius 3 is 2.88 bits per heavy atom. The number of aromatic amines is 1. The molecule has 0 atom stereocenters. The third-order valence-electron chi connectivity index (χ3n) is 4.36. The van der Waals surface area contributed by atoms with Gasteiger partial charge in [0.25, 0.3) is 5.56 Å². The molecule has 3 heterocycles. The third kappa shape index (κ3) is 3.05. The van der Waals surface area contributed by atoms with E-state index in [4.69, 9.17) is 4.98 Å². The second kappa shape index (κ2) is 6.34. The Hall–Kier alpha value is -2.24. The fourth-order valence-electron chi connectivity index (χ4n) is 3.16. The summed E-state index contributed by atoms with van der Waals surface area (Å²) in [6, 6.07) is 12.1. The Morgan fingerprint density at radius 1 is 1.29 bits per heavy atom. The molecule has 0 radical (unpaired) electrons. The molecule has 2 aromatic heterocycles. The molecule has 0 saturated carbocycles. The zero-order valence-electron chi connectivity index (χ0n) is 13.6. The number of rotatable bonds is 3. The van der Waals surface area contributed by atoms with Crippen LogP contribution in [0.3, 0.4) is 0 Å². The first-order chi connectivity index (χ1) is 11.7. The summed E-state index contributed by atoms with van der Waals surface area (Å²) in [4.78, 5) is 23.8. The maximum Gasteiger partial charge on any atom is 0.254 e. The number of hydrogen-bond donors (Lipinski definition) is 1.